The number of rotatable bonds is 9. The van der Waals surface area contributed by atoms with Gasteiger partial charge in [0.15, 0.2) is 11.5 Å². The molecule has 6 nitrogen and oxygen atoms in total. The van der Waals surface area contributed by atoms with Crippen LogP contribution in [0.5, 0.6) is 11.5 Å². The van der Waals surface area contributed by atoms with Gasteiger partial charge in [-0.2, -0.15) is 13.2 Å². The average molecular weight is 502 g/mol. The van der Waals surface area contributed by atoms with Crippen molar-refractivity contribution in [3.63, 3.8) is 0 Å². The molecular weight excluding hydrogens is 471 g/mol. The standard InChI is InChI=1S/C27H30F3N3O3/c1-35-24-4-2-3-5-25(24)36-15-14-32-26(34)19-8-6-18(7-9-19)17-33-23-12-13-31-22-11-10-20(16-21(22)23)27(28,29)30/h2-5,10-13,16,18-19H,6-9,14-15,17H2,1H3,(H,31,33)(H,32,34). The summed E-state index contributed by atoms with van der Waals surface area (Å²) in [5.74, 6) is 1.63. The van der Waals surface area contributed by atoms with Crippen molar-refractivity contribution in [2.75, 3.05) is 32.1 Å². The fraction of sp³-hybridized carbons (Fsp3) is 0.407. The highest BCUT2D eigenvalue weighted by molar-refractivity contribution is 5.91. The molecule has 1 heterocycles. The fourth-order valence-electron chi connectivity index (χ4n) is 4.58. The van der Waals surface area contributed by atoms with Crippen molar-refractivity contribution in [3.8, 4) is 11.5 Å². The van der Waals surface area contributed by atoms with Crippen molar-refractivity contribution in [1.82, 2.24) is 10.3 Å². The predicted octanol–water partition coefficient (Wildman–Crippen LogP) is 5.68. The molecule has 36 heavy (non-hydrogen) atoms. The number of carbonyl (C=O) groups excluding carboxylic acids is 1. The van der Waals surface area contributed by atoms with Gasteiger partial charge >= 0.3 is 6.18 Å². The minimum atomic E-state index is -4.40. The molecule has 1 fully saturated rings. The van der Waals surface area contributed by atoms with Gasteiger partial charge in [0.1, 0.15) is 6.61 Å². The van der Waals surface area contributed by atoms with E-state index in [1.165, 1.54) is 6.07 Å². The number of hydrogen-bond donors (Lipinski definition) is 2. The van der Waals surface area contributed by atoms with Crippen LogP contribution in [-0.2, 0) is 11.0 Å². The number of anilines is 1. The Kier molecular flexibility index (Phi) is 8.18. The van der Waals surface area contributed by atoms with E-state index in [0.717, 1.165) is 37.8 Å². The molecular formula is C27H30F3N3O3. The van der Waals surface area contributed by atoms with Crippen LogP contribution in [-0.4, -0.2) is 37.7 Å². The number of para-hydroxylation sites is 2. The third-order valence-electron chi connectivity index (χ3n) is 6.60. The van der Waals surface area contributed by atoms with Gasteiger partial charge in [0, 0.05) is 29.7 Å². The van der Waals surface area contributed by atoms with Crippen molar-refractivity contribution in [1.29, 1.82) is 0 Å². The zero-order valence-corrected chi connectivity index (χ0v) is 20.1. The molecule has 0 bridgehead atoms. The maximum absolute atomic E-state index is 13.1. The molecule has 1 amide bonds. The van der Waals surface area contributed by atoms with Gasteiger partial charge in [-0.1, -0.05) is 12.1 Å². The summed E-state index contributed by atoms with van der Waals surface area (Å²) in [7, 11) is 1.58. The minimum Gasteiger partial charge on any atom is -0.493 e. The number of ether oxygens (including phenoxy) is 2. The lowest BCUT2D eigenvalue weighted by Gasteiger charge is -2.28. The molecule has 3 aromatic rings. The second-order valence-corrected chi connectivity index (χ2v) is 8.98. The van der Waals surface area contributed by atoms with E-state index in [0.29, 0.717) is 53.7 Å². The molecule has 0 atom stereocenters. The van der Waals surface area contributed by atoms with E-state index in [9.17, 15) is 18.0 Å². The Morgan fingerprint density at radius 3 is 2.53 bits per heavy atom. The Hall–Kier alpha value is -3.49. The first-order chi connectivity index (χ1) is 17.3. The summed E-state index contributed by atoms with van der Waals surface area (Å²) >= 11 is 0. The SMILES string of the molecule is COc1ccccc1OCCNC(=O)C1CCC(CNc2ccnc3ccc(C(F)(F)F)cc23)CC1. The molecule has 2 N–H and O–H groups in total. The molecule has 1 aliphatic rings. The molecule has 0 spiro atoms. The van der Waals surface area contributed by atoms with E-state index in [4.69, 9.17) is 9.47 Å². The lowest BCUT2D eigenvalue weighted by molar-refractivity contribution is -0.137. The summed E-state index contributed by atoms with van der Waals surface area (Å²) in [6, 6.07) is 12.7. The largest absolute Gasteiger partial charge is 0.493 e. The van der Waals surface area contributed by atoms with E-state index in [2.05, 4.69) is 15.6 Å². The molecule has 2 aromatic carbocycles. The molecule has 1 aliphatic carbocycles. The monoisotopic (exact) mass is 501 g/mol. The van der Waals surface area contributed by atoms with Crippen molar-refractivity contribution < 1.29 is 27.4 Å². The molecule has 192 valence electrons. The molecule has 9 heteroatoms. The quantitative estimate of drug-likeness (QED) is 0.370. The highest BCUT2D eigenvalue weighted by Gasteiger charge is 2.31. The summed E-state index contributed by atoms with van der Waals surface area (Å²) in [5, 5.41) is 6.72. The van der Waals surface area contributed by atoms with Gasteiger partial charge in [-0.05, 0) is 68.0 Å². The number of benzene rings is 2. The minimum absolute atomic E-state index is 0.0323. The first kappa shape index (κ1) is 25.6. The van der Waals surface area contributed by atoms with Gasteiger partial charge < -0.3 is 20.1 Å². The number of nitrogens with one attached hydrogen (secondary N) is 2. The summed E-state index contributed by atoms with van der Waals surface area (Å²) in [6.45, 7) is 1.39. The summed E-state index contributed by atoms with van der Waals surface area (Å²) in [6.07, 6.45) is 0.499. The number of pyridine rings is 1. The smallest absolute Gasteiger partial charge is 0.416 e. The van der Waals surface area contributed by atoms with Crippen LogP contribution in [0.15, 0.2) is 54.7 Å². The van der Waals surface area contributed by atoms with Crippen LogP contribution in [0.1, 0.15) is 31.2 Å². The number of aromatic nitrogens is 1. The van der Waals surface area contributed by atoms with Gasteiger partial charge in [-0.15, -0.1) is 0 Å². The van der Waals surface area contributed by atoms with Crippen LogP contribution in [0.25, 0.3) is 10.9 Å². The highest BCUT2D eigenvalue weighted by atomic mass is 19.4. The number of amides is 1. The number of nitrogens with zero attached hydrogens (tertiary/aromatic N) is 1. The molecule has 0 unspecified atom stereocenters. The molecule has 1 saturated carbocycles. The number of hydrogen-bond acceptors (Lipinski definition) is 5. The van der Waals surface area contributed by atoms with E-state index < -0.39 is 11.7 Å². The van der Waals surface area contributed by atoms with Crippen LogP contribution in [0.3, 0.4) is 0 Å². The van der Waals surface area contributed by atoms with E-state index >= 15 is 0 Å². The second kappa shape index (κ2) is 11.5. The van der Waals surface area contributed by atoms with E-state index in [1.807, 2.05) is 24.3 Å². The third-order valence-corrected chi connectivity index (χ3v) is 6.60. The third kappa shape index (κ3) is 6.38. The van der Waals surface area contributed by atoms with Gasteiger partial charge in [0.2, 0.25) is 5.91 Å². The summed E-state index contributed by atoms with van der Waals surface area (Å²) in [4.78, 5) is 16.8. The summed E-state index contributed by atoms with van der Waals surface area (Å²) < 4.78 is 50.4. The predicted molar refractivity (Wildman–Crippen MR) is 132 cm³/mol. The number of alkyl halides is 3. The van der Waals surface area contributed by atoms with E-state index in [-0.39, 0.29) is 11.8 Å². The average Bonchev–Trinajstić information content (AvgIpc) is 2.89. The summed E-state index contributed by atoms with van der Waals surface area (Å²) in [5.41, 5.74) is 0.468. The molecule has 0 saturated heterocycles. The molecule has 1 aromatic heterocycles. The Balaban J connectivity index is 1.22. The lowest BCUT2D eigenvalue weighted by Crippen LogP contribution is -2.36. The molecule has 4 rings (SSSR count). The Morgan fingerprint density at radius 1 is 1.06 bits per heavy atom. The van der Waals surface area contributed by atoms with Crippen LogP contribution in [0.2, 0.25) is 0 Å². The Morgan fingerprint density at radius 2 is 1.81 bits per heavy atom. The van der Waals surface area contributed by atoms with Crippen molar-refractivity contribution in [2.24, 2.45) is 11.8 Å². The van der Waals surface area contributed by atoms with Gasteiger partial charge in [-0.3, -0.25) is 9.78 Å². The van der Waals surface area contributed by atoms with Gasteiger partial charge in [-0.25, -0.2) is 0 Å². The van der Waals surface area contributed by atoms with Gasteiger partial charge in [0.05, 0.1) is 24.7 Å². The zero-order chi connectivity index (χ0) is 25.5. The topological polar surface area (TPSA) is 72.5 Å². The molecule has 0 aliphatic heterocycles. The number of methoxy groups -OCH3 is 1. The van der Waals surface area contributed by atoms with Crippen molar-refractivity contribution >= 4 is 22.5 Å². The Labute approximate surface area is 208 Å². The van der Waals surface area contributed by atoms with Crippen molar-refractivity contribution in [2.45, 2.75) is 31.9 Å². The van der Waals surface area contributed by atoms with Crippen LogP contribution in [0, 0.1) is 11.8 Å². The second-order valence-electron chi connectivity index (χ2n) is 8.98. The lowest BCUT2D eigenvalue weighted by atomic mass is 9.81. The van der Waals surface area contributed by atoms with Crippen LogP contribution >= 0.6 is 0 Å². The van der Waals surface area contributed by atoms with Gasteiger partial charge in [0.25, 0.3) is 0 Å². The first-order valence-electron chi connectivity index (χ1n) is 12.1. The number of carbonyl (C=O) groups is 1. The Bertz CT molecular complexity index is 1180. The number of fused-ring (bicyclic) bond motifs is 1. The highest BCUT2D eigenvalue weighted by Crippen LogP contribution is 2.34. The van der Waals surface area contributed by atoms with Crippen LogP contribution < -0.4 is 20.1 Å². The first-order valence-corrected chi connectivity index (χ1v) is 12.1. The normalized spacial score (nSPS) is 18.0. The fourth-order valence-corrected chi connectivity index (χ4v) is 4.58. The maximum Gasteiger partial charge on any atom is 0.416 e. The van der Waals surface area contributed by atoms with E-state index in [1.54, 1.807) is 19.4 Å². The molecule has 0 radical (unpaired) electrons. The number of halogens is 3. The van der Waals surface area contributed by atoms with Crippen molar-refractivity contribution in [3.05, 3.63) is 60.3 Å². The zero-order valence-electron chi connectivity index (χ0n) is 20.1. The maximum atomic E-state index is 13.1. The van der Waals surface area contributed by atoms with Crippen LogP contribution in [0.4, 0.5) is 18.9 Å².